The van der Waals surface area contributed by atoms with Crippen molar-refractivity contribution >= 4 is 17.4 Å². The first kappa shape index (κ1) is 18.2. The average Bonchev–Trinajstić information content (AvgIpc) is 3.03. The van der Waals surface area contributed by atoms with Crippen LogP contribution < -0.4 is 10.6 Å². The molecular weight excluding hydrogens is 310 g/mol. The molecule has 2 amide bonds. The second-order valence-corrected chi connectivity index (χ2v) is 7.50. The Labute approximate surface area is 143 Å². The highest BCUT2D eigenvalue weighted by Crippen LogP contribution is 2.28. The van der Waals surface area contributed by atoms with Gasteiger partial charge in [-0.25, -0.2) is 4.79 Å². The van der Waals surface area contributed by atoms with Crippen molar-refractivity contribution in [1.29, 1.82) is 0 Å². The minimum absolute atomic E-state index is 0.0176. The van der Waals surface area contributed by atoms with Crippen LogP contribution in [0.4, 0.5) is 4.79 Å². The van der Waals surface area contributed by atoms with E-state index in [2.05, 4.69) is 40.0 Å². The molecule has 1 aromatic rings. The van der Waals surface area contributed by atoms with Gasteiger partial charge in [0.1, 0.15) is 0 Å². The molecule has 130 valence electrons. The van der Waals surface area contributed by atoms with Crippen LogP contribution in [0.5, 0.6) is 0 Å². The standard InChI is InChI=1S/C17H29N3O2S/c1-13-5-8-20(9-6-13)15(16-4-3-11-23-16)12-18-17(22)19-14(2)7-10-21/h3-4,11,13-15,21H,5-10,12H2,1-2H3,(H2,18,19,22)/t14-,15?/m1/s1. The third-order valence-electron chi connectivity index (χ3n) is 4.53. The lowest BCUT2D eigenvalue weighted by atomic mass is 9.97. The van der Waals surface area contributed by atoms with E-state index in [4.69, 9.17) is 5.11 Å². The Morgan fingerprint density at radius 3 is 2.83 bits per heavy atom. The summed E-state index contributed by atoms with van der Waals surface area (Å²) in [6, 6.07) is 4.31. The predicted molar refractivity (Wildman–Crippen MR) is 94.7 cm³/mol. The number of rotatable bonds is 7. The van der Waals surface area contributed by atoms with Gasteiger partial charge in [-0.15, -0.1) is 11.3 Å². The molecule has 1 unspecified atom stereocenters. The molecule has 2 atom stereocenters. The first-order valence-electron chi connectivity index (χ1n) is 8.52. The Bertz CT molecular complexity index is 458. The van der Waals surface area contributed by atoms with E-state index in [9.17, 15) is 4.79 Å². The Kier molecular flexibility index (Phi) is 7.33. The largest absolute Gasteiger partial charge is 0.396 e. The maximum atomic E-state index is 12.0. The van der Waals surface area contributed by atoms with E-state index < -0.39 is 0 Å². The van der Waals surface area contributed by atoms with Crippen LogP contribution in [0.2, 0.25) is 0 Å². The third kappa shape index (κ3) is 5.79. The number of urea groups is 1. The Hall–Kier alpha value is -1.11. The molecule has 1 saturated heterocycles. The number of carbonyl (C=O) groups excluding carboxylic acids is 1. The number of hydrogen-bond donors (Lipinski definition) is 3. The van der Waals surface area contributed by atoms with Crippen molar-refractivity contribution in [2.24, 2.45) is 5.92 Å². The van der Waals surface area contributed by atoms with Gasteiger partial charge >= 0.3 is 6.03 Å². The van der Waals surface area contributed by atoms with Gasteiger partial charge in [-0.2, -0.15) is 0 Å². The van der Waals surface area contributed by atoms with Crippen molar-refractivity contribution in [1.82, 2.24) is 15.5 Å². The summed E-state index contributed by atoms with van der Waals surface area (Å²) in [5, 5.41) is 16.9. The first-order chi connectivity index (χ1) is 11.1. The molecule has 0 spiro atoms. The molecule has 2 rings (SSSR count). The van der Waals surface area contributed by atoms with Crippen molar-refractivity contribution in [2.45, 2.75) is 45.2 Å². The van der Waals surface area contributed by atoms with E-state index >= 15 is 0 Å². The molecule has 1 fully saturated rings. The highest BCUT2D eigenvalue weighted by atomic mass is 32.1. The van der Waals surface area contributed by atoms with Crippen LogP contribution in [-0.2, 0) is 0 Å². The van der Waals surface area contributed by atoms with Gasteiger partial charge in [-0.3, -0.25) is 4.90 Å². The van der Waals surface area contributed by atoms with Crippen molar-refractivity contribution in [3.05, 3.63) is 22.4 Å². The van der Waals surface area contributed by atoms with Crippen molar-refractivity contribution in [2.75, 3.05) is 26.2 Å². The smallest absolute Gasteiger partial charge is 0.315 e. The Morgan fingerprint density at radius 1 is 1.48 bits per heavy atom. The molecule has 2 heterocycles. The summed E-state index contributed by atoms with van der Waals surface area (Å²) in [4.78, 5) is 15.8. The lowest BCUT2D eigenvalue weighted by Crippen LogP contribution is -2.46. The second-order valence-electron chi connectivity index (χ2n) is 6.52. The number of aliphatic hydroxyl groups is 1. The van der Waals surface area contributed by atoms with E-state index in [0.29, 0.717) is 13.0 Å². The van der Waals surface area contributed by atoms with E-state index in [1.54, 1.807) is 11.3 Å². The zero-order valence-corrected chi connectivity index (χ0v) is 14.9. The SMILES string of the molecule is CC1CCN(C(CNC(=O)N[C@H](C)CCO)c2cccs2)CC1. The van der Waals surface area contributed by atoms with Crippen LogP contribution in [0.15, 0.2) is 17.5 Å². The van der Waals surface area contributed by atoms with Crippen molar-refractivity contribution in [3.8, 4) is 0 Å². The highest BCUT2D eigenvalue weighted by molar-refractivity contribution is 7.10. The number of carbonyl (C=O) groups is 1. The number of hydrogen-bond acceptors (Lipinski definition) is 4. The van der Waals surface area contributed by atoms with Gasteiger partial charge in [-0.05, 0) is 56.6 Å². The summed E-state index contributed by atoms with van der Waals surface area (Å²) < 4.78 is 0. The maximum Gasteiger partial charge on any atom is 0.315 e. The summed E-state index contributed by atoms with van der Waals surface area (Å²) in [5.74, 6) is 0.797. The predicted octanol–water partition coefficient (Wildman–Crippen LogP) is 2.59. The van der Waals surface area contributed by atoms with Crippen LogP contribution in [0.25, 0.3) is 0 Å². The van der Waals surface area contributed by atoms with Crippen molar-refractivity contribution in [3.63, 3.8) is 0 Å². The number of nitrogens with one attached hydrogen (secondary N) is 2. The topological polar surface area (TPSA) is 64.6 Å². The minimum Gasteiger partial charge on any atom is -0.396 e. The van der Waals surface area contributed by atoms with Crippen LogP contribution in [0.3, 0.4) is 0 Å². The molecule has 6 heteroatoms. The maximum absolute atomic E-state index is 12.0. The lowest BCUT2D eigenvalue weighted by molar-refractivity contribution is 0.137. The quantitative estimate of drug-likeness (QED) is 0.715. The molecule has 5 nitrogen and oxygen atoms in total. The van der Waals surface area contributed by atoms with Gasteiger partial charge in [0.15, 0.2) is 0 Å². The fraction of sp³-hybridized carbons (Fsp3) is 0.706. The molecule has 1 aromatic heterocycles. The summed E-state index contributed by atoms with van der Waals surface area (Å²) in [6.45, 7) is 7.10. The summed E-state index contributed by atoms with van der Waals surface area (Å²) in [5.41, 5.74) is 0. The fourth-order valence-electron chi connectivity index (χ4n) is 2.96. The first-order valence-corrected chi connectivity index (χ1v) is 9.40. The number of thiophene rings is 1. The van der Waals surface area contributed by atoms with Gasteiger partial charge in [0.25, 0.3) is 0 Å². The lowest BCUT2D eigenvalue weighted by Gasteiger charge is -2.36. The molecule has 0 aromatic carbocycles. The van der Waals surface area contributed by atoms with Gasteiger partial charge in [0, 0.05) is 24.1 Å². The highest BCUT2D eigenvalue weighted by Gasteiger charge is 2.25. The molecular formula is C17H29N3O2S. The zero-order chi connectivity index (χ0) is 16.7. The molecule has 0 radical (unpaired) electrons. The van der Waals surface area contributed by atoms with Gasteiger partial charge in [0.05, 0.1) is 6.04 Å². The van der Waals surface area contributed by atoms with Gasteiger partial charge in [0.2, 0.25) is 0 Å². The second kappa shape index (κ2) is 9.25. The van der Waals surface area contributed by atoms with Gasteiger partial charge < -0.3 is 15.7 Å². The van der Waals surface area contributed by atoms with Crippen LogP contribution >= 0.6 is 11.3 Å². The monoisotopic (exact) mass is 339 g/mol. The van der Waals surface area contributed by atoms with Crippen LogP contribution in [-0.4, -0.2) is 48.3 Å². The Balaban J connectivity index is 1.89. The number of likely N-dealkylation sites (tertiary alicyclic amines) is 1. The minimum atomic E-state index is -0.155. The molecule has 0 saturated carbocycles. The molecule has 1 aliphatic heterocycles. The molecule has 0 bridgehead atoms. The van der Waals surface area contributed by atoms with Crippen LogP contribution in [0.1, 0.15) is 44.0 Å². The number of nitrogens with zero attached hydrogens (tertiary/aromatic N) is 1. The number of aliphatic hydroxyl groups excluding tert-OH is 1. The van der Waals surface area contributed by atoms with Crippen LogP contribution in [0, 0.1) is 5.92 Å². The number of amides is 2. The fourth-order valence-corrected chi connectivity index (χ4v) is 3.82. The van der Waals surface area contributed by atoms with E-state index in [1.165, 1.54) is 17.7 Å². The Morgan fingerprint density at radius 2 is 2.22 bits per heavy atom. The summed E-state index contributed by atoms with van der Waals surface area (Å²) in [6.07, 6.45) is 3.02. The third-order valence-corrected chi connectivity index (χ3v) is 5.50. The normalized spacial score (nSPS) is 19.3. The summed E-state index contributed by atoms with van der Waals surface area (Å²) >= 11 is 1.75. The van der Waals surface area contributed by atoms with Crippen molar-refractivity contribution < 1.29 is 9.90 Å². The molecule has 23 heavy (non-hydrogen) atoms. The van der Waals surface area contributed by atoms with Gasteiger partial charge in [-0.1, -0.05) is 13.0 Å². The van der Waals surface area contributed by atoms with E-state index in [1.807, 2.05) is 6.92 Å². The molecule has 1 aliphatic rings. The number of piperidine rings is 1. The van der Waals surface area contributed by atoms with E-state index in [0.717, 1.165) is 19.0 Å². The molecule has 3 N–H and O–H groups in total. The van der Waals surface area contributed by atoms with E-state index in [-0.39, 0.29) is 24.7 Å². The summed E-state index contributed by atoms with van der Waals surface area (Å²) in [7, 11) is 0. The zero-order valence-electron chi connectivity index (χ0n) is 14.1. The average molecular weight is 340 g/mol. The molecule has 0 aliphatic carbocycles.